The number of nitrogens with two attached hydrogens (primary N) is 1. The van der Waals surface area contributed by atoms with Crippen LogP contribution in [-0.2, 0) is 10.3 Å². The van der Waals surface area contributed by atoms with Gasteiger partial charge in [-0.3, -0.25) is 14.7 Å². The summed E-state index contributed by atoms with van der Waals surface area (Å²) in [5.74, 6) is -0.116. The molecule has 2 N–H and O–H groups in total. The van der Waals surface area contributed by atoms with Crippen molar-refractivity contribution in [2.75, 3.05) is 20.2 Å². The molecule has 7 nitrogen and oxygen atoms in total. The molecular weight excluding hydrogens is 349 g/mol. The summed E-state index contributed by atoms with van der Waals surface area (Å²) in [6.45, 7) is 5.11. The van der Waals surface area contributed by atoms with Crippen molar-refractivity contribution in [1.82, 2.24) is 20.1 Å². The highest BCUT2D eigenvalue weighted by atomic mass is 19.1. The minimum atomic E-state index is -1.14. The van der Waals surface area contributed by atoms with Gasteiger partial charge in [0, 0.05) is 25.1 Å². The highest BCUT2D eigenvalue weighted by Crippen LogP contribution is 2.36. The van der Waals surface area contributed by atoms with Crippen molar-refractivity contribution in [2.24, 2.45) is 11.7 Å². The number of aromatic nitrogens is 3. The predicted molar refractivity (Wildman–Crippen MR) is 97.4 cm³/mol. The third-order valence-electron chi connectivity index (χ3n) is 5.29. The highest BCUT2D eigenvalue weighted by molar-refractivity contribution is 5.85. The van der Waals surface area contributed by atoms with Crippen LogP contribution in [0.25, 0.3) is 0 Å². The normalized spacial score (nSPS) is 22.8. The number of methoxy groups -OCH3 is 1. The van der Waals surface area contributed by atoms with Crippen LogP contribution < -0.4 is 10.5 Å². The topological polar surface area (TPSA) is 94.2 Å². The van der Waals surface area contributed by atoms with E-state index >= 15 is 0 Å². The van der Waals surface area contributed by atoms with Crippen LogP contribution in [0.1, 0.15) is 37.6 Å². The quantitative estimate of drug-likeness (QED) is 0.859. The molecule has 8 heteroatoms. The van der Waals surface area contributed by atoms with Crippen molar-refractivity contribution < 1.29 is 13.9 Å². The summed E-state index contributed by atoms with van der Waals surface area (Å²) in [5, 5.41) is 8.32. The highest BCUT2D eigenvalue weighted by Gasteiger charge is 2.44. The molecule has 3 atom stereocenters. The van der Waals surface area contributed by atoms with Crippen molar-refractivity contribution >= 4 is 5.91 Å². The fourth-order valence-electron chi connectivity index (χ4n) is 3.70. The lowest BCUT2D eigenvalue weighted by atomic mass is 9.83. The fraction of sp³-hybridized carbons (Fsp3) is 0.474. The van der Waals surface area contributed by atoms with Gasteiger partial charge in [-0.1, -0.05) is 6.92 Å². The van der Waals surface area contributed by atoms with Crippen LogP contribution in [0.3, 0.4) is 0 Å². The number of primary amides is 1. The zero-order chi connectivity index (χ0) is 19.6. The first-order valence-corrected chi connectivity index (χ1v) is 8.89. The second kappa shape index (κ2) is 7.56. The van der Waals surface area contributed by atoms with Crippen LogP contribution in [0.15, 0.2) is 30.5 Å². The SMILES string of the molecule is COc1ccc(C2CC(C)CN(C(C)(C(N)=O)c3ccc(F)cn3)C2)nn1. The standard InChI is InChI=1S/C19H24FN5O2/c1-12-8-13(15-5-7-17(27-3)24-23-15)11-25(10-12)19(2,18(21)26)16-6-4-14(20)9-22-16/h4-7,9,12-13H,8,10-11H2,1-3H3,(H2,21,26). The van der Waals surface area contributed by atoms with Gasteiger partial charge in [0.15, 0.2) is 0 Å². The van der Waals surface area contributed by atoms with E-state index in [0.717, 1.165) is 18.3 Å². The second-order valence-corrected chi connectivity index (χ2v) is 7.24. The molecule has 1 fully saturated rings. The van der Waals surface area contributed by atoms with Gasteiger partial charge in [0.1, 0.15) is 11.4 Å². The average Bonchev–Trinajstić information content (AvgIpc) is 2.67. The number of hydrogen-bond acceptors (Lipinski definition) is 6. The first-order valence-electron chi connectivity index (χ1n) is 8.89. The summed E-state index contributed by atoms with van der Waals surface area (Å²) >= 11 is 0. The molecule has 0 spiro atoms. The first-order chi connectivity index (χ1) is 12.8. The number of nitrogens with zero attached hydrogens (tertiary/aromatic N) is 4. The molecule has 1 saturated heterocycles. The molecule has 144 valence electrons. The number of pyridine rings is 1. The lowest BCUT2D eigenvalue weighted by Gasteiger charge is -2.45. The van der Waals surface area contributed by atoms with Gasteiger partial charge in [-0.05, 0) is 37.5 Å². The summed E-state index contributed by atoms with van der Waals surface area (Å²) in [6, 6.07) is 6.48. The van der Waals surface area contributed by atoms with E-state index in [1.54, 1.807) is 20.1 Å². The summed E-state index contributed by atoms with van der Waals surface area (Å²) in [7, 11) is 1.54. The van der Waals surface area contributed by atoms with E-state index in [2.05, 4.69) is 22.1 Å². The number of carbonyl (C=O) groups is 1. The Morgan fingerprint density at radius 1 is 1.30 bits per heavy atom. The summed E-state index contributed by atoms with van der Waals surface area (Å²) in [5.41, 5.74) is 5.92. The number of likely N-dealkylation sites (tertiary alicyclic amines) is 1. The fourth-order valence-corrected chi connectivity index (χ4v) is 3.70. The molecule has 0 radical (unpaired) electrons. The smallest absolute Gasteiger partial charge is 0.243 e. The third-order valence-corrected chi connectivity index (χ3v) is 5.29. The number of hydrogen-bond donors (Lipinski definition) is 1. The van der Waals surface area contributed by atoms with Crippen LogP contribution in [0.5, 0.6) is 5.88 Å². The third kappa shape index (κ3) is 3.75. The van der Waals surface area contributed by atoms with Crippen molar-refractivity contribution in [3.63, 3.8) is 0 Å². The molecule has 2 aromatic heterocycles. The van der Waals surface area contributed by atoms with E-state index in [4.69, 9.17) is 10.5 Å². The Bertz CT molecular complexity index is 799. The molecular formula is C19H24FN5O2. The Balaban J connectivity index is 1.92. The number of amides is 1. The molecule has 3 rings (SSSR count). The minimum absolute atomic E-state index is 0.0891. The molecule has 1 aliphatic heterocycles. The monoisotopic (exact) mass is 373 g/mol. The molecule has 3 heterocycles. The van der Waals surface area contributed by atoms with Crippen molar-refractivity contribution in [3.8, 4) is 5.88 Å². The number of rotatable bonds is 5. The molecule has 2 aromatic rings. The van der Waals surface area contributed by atoms with Gasteiger partial charge in [0.2, 0.25) is 11.8 Å². The van der Waals surface area contributed by atoms with E-state index in [9.17, 15) is 9.18 Å². The molecule has 3 unspecified atom stereocenters. The lowest BCUT2D eigenvalue weighted by molar-refractivity contribution is -0.132. The molecule has 0 aromatic carbocycles. The Morgan fingerprint density at radius 2 is 2.07 bits per heavy atom. The first kappa shape index (κ1) is 19.2. The van der Waals surface area contributed by atoms with Crippen molar-refractivity contribution in [3.05, 3.63) is 47.7 Å². The van der Waals surface area contributed by atoms with Gasteiger partial charge in [-0.15, -0.1) is 5.10 Å². The van der Waals surface area contributed by atoms with Crippen molar-refractivity contribution in [1.29, 1.82) is 0 Å². The maximum Gasteiger partial charge on any atom is 0.243 e. The Labute approximate surface area is 157 Å². The van der Waals surface area contributed by atoms with Gasteiger partial charge >= 0.3 is 0 Å². The van der Waals surface area contributed by atoms with Gasteiger partial charge < -0.3 is 10.5 Å². The largest absolute Gasteiger partial charge is 0.480 e. The second-order valence-electron chi connectivity index (χ2n) is 7.24. The minimum Gasteiger partial charge on any atom is -0.480 e. The molecule has 27 heavy (non-hydrogen) atoms. The van der Waals surface area contributed by atoms with E-state index in [1.807, 2.05) is 11.0 Å². The van der Waals surface area contributed by atoms with Crippen LogP contribution >= 0.6 is 0 Å². The van der Waals surface area contributed by atoms with Gasteiger partial charge in [0.25, 0.3) is 0 Å². The number of piperidine rings is 1. The maximum atomic E-state index is 13.3. The summed E-state index contributed by atoms with van der Waals surface area (Å²) in [4.78, 5) is 18.6. The van der Waals surface area contributed by atoms with E-state index in [1.165, 1.54) is 12.1 Å². The maximum absolute atomic E-state index is 13.3. The zero-order valence-electron chi connectivity index (χ0n) is 15.7. The Morgan fingerprint density at radius 3 is 2.63 bits per heavy atom. The van der Waals surface area contributed by atoms with Crippen LogP contribution in [-0.4, -0.2) is 46.2 Å². The average molecular weight is 373 g/mol. The van der Waals surface area contributed by atoms with Gasteiger partial charge in [-0.25, -0.2) is 4.39 Å². The van der Waals surface area contributed by atoms with Gasteiger partial charge in [0.05, 0.1) is 24.7 Å². The van der Waals surface area contributed by atoms with E-state index in [-0.39, 0.29) is 5.92 Å². The van der Waals surface area contributed by atoms with E-state index in [0.29, 0.717) is 30.6 Å². The number of halogens is 1. The Hall–Kier alpha value is -2.61. The van der Waals surface area contributed by atoms with E-state index < -0.39 is 17.3 Å². The number of carbonyl (C=O) groups excluding carboxylic acids is 1. The lowest BCUT2D eigenvalue weighted by Crippen LogP contribution is -2.57. The number of ether oxygens (including phenoxy) is 1. The molecule has 1 amide bonds. The molecule has 0 bridgehead atoms. The molecule has 0 saturated carbocycles. The predicted octanol–water partition coefficient (Wildman–Crippen LogP) is 1.85. The summed E-state index contributed by atoms with van der Waals surface area (Å²) in [6.07, 6.45) is 2.03. The molecule has 0 aliphatic carbocycles. The van der Waals surface area contributed by atoms with Crippen LogP contribution in [0, 0.1) is 11.7 Å². The van der Waals surface area contributed by atoms with Crippen LogP contribution in [0.2, 0.25) is 0 Å². The van der Waals surface area contributed by atoms with Gasteiger partial charge in [-0.2, -0.15) is 5.10 Å². The molecule has 1 aliphatic rings. The van der Waals surface area contributed by atoms with Crippen LogP contribution in [0.4, 0.5) is 4.39 Å². The summed E-state index contributed by atoms with van der Waals surface area (Å²) < 4.78 is 18.4. The van der Waals surface area contributed by atoms with Crippen molar-refractivity contribution in [2.45, 2.75) is 31.7 Å². The Kier molecular flexibility index (Phi) is 5.36. The zero-order valence-corrected chi connectivity index (χ0v) is 15.7.